The summed E-state index contributed by atoms with van der Waals surface area (Å²) in [6.07, 6.45) is 4.16. The van der Waals surface area contributed by atoms with Crippen LogP contribution in [-0.4, -0.2) is 72.3 Å². The van der Waals surface area contributed by atoms with Crippen molar-refractivity contribution in [3.05, 3.63) is 54.0 Å². The second-order valence-electron chi connectivity index (χ2n) is 9.21. The summed E-state index contributed by atoms with van der Waals surface area (Å²) < 4.78 is 7.37. The van der Waals surface area contributed by atoms with E-state index >= 15 is 0 Å². The van der Waals surface area contributed by atoms with Crippen molar-refractivity contribution >= 4 is 34.2 Å². The van der Waals surface area contributed by atoms with Crippen LogP contribution in [-0.2, 0) is 22.5 Å². The van der Waals surface area contributed by atoms with Crippen LogP contribution in [0.3, 0.4) is 0 Å². The summed E-state index contributed by atoms with van der Waals surface area (Å²) in [7, 11) is 3.60. The summed E-state index contributed by atoms with van der Waals surface area (Å²) in [5, 5.41) is 1.19. The van der Waals surface area contributed by atoms with Crippen molar-refractivity contribution in [2.75, 3.05) is 56.7 Å². The number of likely N-dealkylation sites (N-methyl/N-ethyl adjacent to an activating group) is 1. The third-order valence-electron chi connectivity index (χ3n) is 7.29. The van der Waals surface area contributed by atoms with E-state index in [2.05, 4.69) is 66.3 Å². The molecular weight excluding hydrogens is 464 g/mol. The van der Waals surface area contributed by atoms with Gasteiger partial charge in [0.2, 0.25) is 5.95 Å². The Bertz CT molecular complexity index is 1230. The number of rotatable bonds is 4. The quantitative estimate of drug-likeness (QED) is 0.372. The average Bonchev–Trinajstić information content (AvgIpc) is 3.29. The van der Waals surface area contributed by atoms with E-state index in [-0.39, 0.29) is 12.4 Å². The third-order valence-corrected chi connectivity index (χ3v) is 7.29. The molecule has 37 heavy (non-hydrogen) atoms. The Hall–Kier alpha value is -3.39. The number of hydrogen-bond acceptors (Lipinski definition) is 7. The average molecular weight is 507 g/mol. The first-order valence-corrected chi connectivity index (χ1v) is 13.1. The predicted molar refractivity (Wildman–Crippen MR) is 153 cm³/mol. The number of carbonyl (C=O) groups excluding carboxylic acids is 1. The number of anilines is 3. The van der Waals surface area contributed by atoms with Crippen molar-refractivity contribution in [2.45, 2.75) is 47.6 Å². The second-order valence-corrected chi connectivity index (χ2v) is 9.21. The first-order valence-electron chi connectivity index (χ1n) is 13.1. The first kappa shape index (κ1) is 28.2. The number of benzene rings is 1. The Morgan fingerprint density at radius 2 is 1.59 bits per heavy atom. The lowest BCUT2D eigenvalue weighted by molar-refractivity contribution is -0.139. The first-order chi connectivity index (χ1) is 17.9. The lowest BCUT2D eigenvalue weighted by Crippen LogP contribution is -2.44. The van der Waals surface area contributed by atoms with Gasteiger partial charge < -0.3 is 24.0 Å². The summed E-state index contributed by atoms with van der Waals surface area (Å²) in [6.45, 7) is 22.1. The fourth-order valence-electron chi connectivity index (χ4n) is 5.28. The summed E-state index contributed by atoms with van der Waals surface area (Å²) in [5.74, 6) is 0.481. The highest BCUT2D eigenvalue weighted by molar-refractivity contribution is 6.00. The normalized spacial score (nSPS) is 15.0. The monoisotopic (exact) mass is 506 g/mol. The number of carbonyl (C=O) groups is 1. The SMILES string of the molecule is C=C.CC.COC(=O)Cc1c(C)c2c3c(cc(C)n3CCN2c2ncc(N3CCN(C)CC3)cn2)c1C. The molecule has 2 aliphatic rings. The van der Waals surface area contributed by atoms with Gasteiger partial charge in [-0.3, -0.25) is 4.79 Å². The van der Waals surface area contributed by atoms with Gasteiger partial charge in [0.15, 0.2) is 0 Å². The third kappa shape index (κ3) is 5.34. The molecule has 0 saturated carbocycles. The minimum absolute atomic E-state index is 0.223. The topological polar surface area (TPSA) is 66.7 Å². The van der Waals surface area contributed by atoms with Crippen molar-refractivity contribution in [2.24, 2.45) is 0 Å². The molecule has 0 radical (unpaired) electrons. The molecule has 2 aromatic heterocycles. The zero-order valence-corrected chi connectivity index (χ0v) is 23.6. The largest absolute Gasteiger partial charge is 0.469 e. The predicted octanol–water partition coefficient (Wildman–Crippen LogP) is 4.80. The van der Waals surface area contributed by atoms with E-state index in [0.717, 1.165) is 67.3 Å². The van der Waals surface area contributed by atoms with Crippen molar-refractivity contribution in [3.63, 3.8) is 0 Å². The van der Waals surface area contributed by atoms with Crippen LogP contribution in [0.1, 0.15) is 36.2 Å². The summed E-state index contributed by atoms with van der Waals surface area (Å²) in [6, 6.07) is 2.23. The van der Waals surface area contributed by atoms with Crippen LogP contribution in [0.2, 0.25) is 0 Å². The fourth-order valence-corrected chi connectivity index (χ4v) is 5.28. The molecule has 0 spiro atoms. The highest BCUT2D eigenvalue weighted by atomic mass is 16.5. The van der Waals surface area contributed by atoms with Crippen molar-refractivity contribution in [1.82, 2.24) is 19.4 Å². The Morgan fingerprint density at radius 1 is 0.973 bits per heavy atom. The van der Waals surface area contributed by atoms with Crippen LogP contribution in [0.4, 0.5) is 17.3 Å². The maximum atomic E-state index is 12.2. The smallest absolute Gasteiger partial charge is 0.309 e. The summed E-state index contributed by atoms with van der Waals surface area (Å²) in [5.41, 5.74) is 7.87. The van der Waals surface area contributed by atoms with Crippen LogP contribution in [0.25, 0.3) is 10.9 Å². The Kier molecular flexibility index (Phi) is 9.32. The molecule has 4 heterocycles. The van der Waals surface area contributed by atoms with Crippen molar-refractivity contribution < 1.29 is 9.53 Å². The van der Waals surface area contributed by atoms with E-state index in [1.165, 1.54) is 23.7 Å². The molecule has 0 N–H and O–H groups in total. The van der Waals surface area contributed by atoms with Crippen LogP contribution in [0.5, 0.6) is 0 Å². The number of hydrogen-bond donors (Lipinski definition) is 0. The van der Waals surface area contributed by atoms with Crippen LogP contribution < -0.4 is 9.80 Å². The Morgan fingerprint density at radius 3 is 2.19 bits per heavy atom. The molecule has 0 bridgehead atoms. The lowest BCUT2D eigenvalue weighted by Gasteiger charge is -2.34. The van der Waals surface area contributed by atoms with Gasteiger partial charge in [0.1, 0.15) is 0 Å². The standard InChI is InChI=1S/C25H32N6O2.C2H6.C2H4/c1-16-12-21-17(2)20(13-22(32)33-5)18(3)23-24(21)30(16)10-11-31(23)25-26-14-19(15-27-25)29-8-6-28(4)7-9-29;2*1-2/h12,14-15H,6-11,13H2,1-5H3;1-2H3;1-2H2. The second kappa shape index (κ2) is 12.2. The molecule has 0 amide bonds. The molecule has 0 aliphatic carbocycles. The molecule has 2 aliphatic heterocycles. The number of piperazine rings is 1. The highest BCUT2D eigenvalue weighted by Gasteiger charge is 2.29. The van der Waals surface area contributed by atoms with Crippen LogP contribution in [0, 0.1) is 20.8 Å². The summed E-state index contributed by atoms with van der Waals surface area (Å²) >= 11 is 0. The van der Waals surface area contributed by atoms with Gasteiger partial charge in [0.25, 0.3) is 0 Å². The van der Waals surface area contributed by atoms with Gasteiger partial charge in [-0.2, -0.15) is 0 Å². The minimum atomic E-state index is -0.223. The van der Waals surface area contributed by atoms with Crippen molar-refractivity contribution in [3.8, 4) is 0 Å². The number of ether oxygens (including phenoxy) is 1. The van der Waals surface area contributed by atoms with Gasteiger partial charge >= 0.3 is 5.97 Å². The number of methoxy groups -OCH3 is 1. The maximum absolute atomic E-state index is 12.2. The molecule has 8 heteroatoms. The molecule has 1 fully saturated rings. The molecular formula is C29H42N6O2. The molecule has 1 aromatic carbocycles. The van der Waals surface area contributed by atoms with Gasteiger partial charge in [-0.05, 0) is 50.6 Å². The Labute approximate surface area is 221 Å². The number of aromatic nitrogens is 3. The summed E-state index contributed by atoms with van der Waals surface area (Å²) in [4.78, 5) is 28.7. The van der Waals surface area contributed by atoms with Gasteiger partial charge in [0.05, 0.1) is 42.8 Å². The van der Waals surface area contributed by atoms with E-state index in [1.54, 1.807) is 0 Å². The zero-order valence-electron chi connectivity index (χ0n) is 23.6. The van der Waals surface area contributed by atoms with E-state index in [9.17, 15) is 4.79 Å². The van der Waals surface area contributed by atoms with E-state index in [0.29, 0.717) is 5.95 Å². The molecule has 0 unspecified atom stereocenters. The molecule has 1 saturated heterocycles. The molecule has 200 valence electrons. The number of esters is 1. The van der Waals surface area contributed by atoms with Crippen molar-refractivity contribution in [1.29, 1.82) is 0 Å². The highest BCUT2D eigenvalue weighted by Crippen LogP contribution is 2.42. The minimum Gasteiger partial charge on any atom is -0.469 e. The fraction of sp³-hybridized carbons (Fsp3) is 0.483. The lowest BCUT2D eigenvalue weighted by atomic mass is 9.93. The number of aryl methyl sites for hydroxylation is 2. The van der Waals surface area contributed by atoms with Crippen LogP contribution in [0.15, 0.2) is 31.6 Å². The van der Waals surface area contributed by atoms with E-state index in [1.807, 2.05) is 26.2 Å². The zero-order chi connectivity index (χ0) is 27.3. The molecule has 0 atom stereocenters. The van der Waals surface area contributed by atoms with Crippen LogP contribution >= 0.6 is 0 Å². The van der Waals surface area contributed by atoms with Gasteiger partial charge in [-0.25, -0.2) is 9.97 Å². The molecule has 3 aromatic rings. The van der Waals surface area contributed by atoms with Gasteiger partial charge in [-0.1, -0.05) is 13.8 Å². The molecule has 5 rings (SSSR count). The maximum Gasteiger partial charge on any atom is 0.309 e. The van der Waals surface area contributed by atoms with E-state index < -0.39 is 0 Å². The number of nitrogens with zero attached hydrogens (tertiary/aromatic N) is 6. The molecule has 8 nitrogen and oxygen atoms in total. The Balaban J connectivity index is 0.000000907. The van der Waals surface area contributed by atoms with Gasteiger partial charge in [-0.15, -0.1) is 13.2 Å². The van der Waals surface area contributed by atoms with Gasteiger partial charge in [0, 0.05) is 50.3 Å². The van der Waals surface area contributed by atoms with E-state index in [4.69, 9.17) is 14.7 Å².